The molecule has 1 aromatic heterocycles. The Morgan fingerprint density at radius 3 is 2.40 bits per heavy atom. The number of carboxylic acid groups (broad SMARTS) is 1. The third kappa shape index (κ3) is 3.81. The maximum Gasteiger partial charge on any atom is 0.339 e. The zero-order chi connectivity index (χ0) is 22.0. The normalized spacial score (nSPS) is 10.6. The summed E-state index contributed by atoms with van der Waals surface area (Å²) in [6.45, 7) is 0. The Kier molecular flexibility index (Phi) is 5.97. The van der Waals surface area contributed by atoms with Gasteiger partial charge in [0.2, 0.25) is 5.82 Å². The lowest BCUT2D eigenvalue weighted by Crippen LogP contribution is -2.18. The molecule has 0 unspecified atom stereocenters. The number of ether oxygens (including phenoxy) is 2. The number of aromatic carboxylic acids is 1. The van der Waals surface area contributed by atoms with Crippen LogP contribution in [0.25, 0.3) is 10.4 Å². The highest BCUT2D eigenvalue weighted by atomic mass is 32.1. The quantitative estimate of drug-likeness (QED) is 0.541. The number of methoxy groups -OCH3 is 2. The molecule has 2 aromatic carbocycles. The standard InChI is InChI=1S/C20H14F3NO5S/c1-28-10-5-3-4-9(6-10)18-15(20(26)27)12(8-30-18)24-19(25)14-11(21)7-13(29-2)16(22)17(14)23/h3-8H,1-2H3,(H,24,25)(H,26,27). The maximum atomic E-state index is 14.2. The summed E-state index contributed by atoms with van der Waals surface area (Å²) in [7, 11) is 2.47. The van der Waals surface area contributed by atoms with Crippen LogP contribution >= 0.6 is 11.3 Å². The summed E-state index contributed by atoms with van der Waals surface area (Å²) in [5, 5.41) is 13.1. The van der Waals surface area contributed by atoms with E-state index in [1.54, 1.807) is 24.3 Å². The first-order chi connectivity index (χ1) is 14.3. The Hall–Kier alpha value is -3.53. The number of amides is 1. The van der Waals surface area contributed by atoms with E-state index in [0.29, 0.717) is 22.3 Å². The molecule has 3 aromatic rings. The second kappa shape index (κ2) is 8.46. The van der Waals surface area contributed by atoms with Crippen LogP contribution in [0.5, 0.6) is 11.5 Å². The van der Waals surface area contributed by atoms with Crippen molar-refractivity contribution in [2.24, 2.45) is 0 Å². The van der Waals surface area contributed by atoms with Crippen molar-refractivity contribution < 1.29 is 37.3 Å². The van der Waals surface area contributed by atoms with Gasteiger partial charge in [-0.25, -0.2) is 13.6 Å². The van der Waals surface area contributed by atoms with Crippen LogP contribution in [0.3, 0.4) is 0 Å². The molecule has 30 heavy (non-hydrogen) atoms. The number of nitrogens with one attached hydrogen (secondary N) is 1. The highest BCUT2D eigenvalue weighted by Gasteiger charge is 2.27. The molecule has 2 N–H and O–H groups in total. The van der Waals surface area contributed by atoms with Gasteiger partial charge < -0.3 is 19.9 Å². The number of carbonyl (C=O) groups excluding carboxylic acids is 1. The van der Waals surface area contributed by atoms with E-state index < -0.39 is 40.6 Å². The molecule has 0 atom stereocenters. The minimum Gasteiger partial charge on any atom is -0.497 e. The number of carboxylic acids is 1. The lowest BCUT2D eigenvalue weighted by molar-refractivity contribution is 0.0699. The summed E-state index contributed by atoms with van der Waals surface area (Å²) in [4.78, 5) is 24.5. The van der Waals surface area contributed by atoms with E-state index in [1.807, 2.05) is 0 Å². The molecular formula is C20H14F3NO5S. The molecule has 0 fully saturated rings. The number of anilines is 1. The Bertz CT molecular complexity index is 1150. The van der Waals surface area contributed by atoms with Gasteiger partial charge in [0.05, 0.1) is 24.8 Å². The SMILES string of the molecule is COc1cccc(-c2scc(NC(=O)c3c(F)cc(OC)c(F)c3F)c2C(=O)O)c1. The fourth-order valence-electron chi connectivity index (χ4n) is 2.75. The minimum atomic E-state index is -1.75. The molecule has 156 valence electrons. The van der Waals surface area contributed by atoms with Crippen molar-refractivity contribution in [2.45, 2.75) is 0 Å². The Morgan fingerprint density at radius 2 is 1.77 bits per heavy atom. The van der Waals surface area contributed by atoms with Crippen molar-refractivity contribution in [3.63, 3.8) is 0 Å². The second-order valence-corrected chi connectivity index (χ2v) is 6.79. The zero-order valence-electron chi connectivity index (χ0n) is 15.6. The summed E-state index contributed by atoms with van der Waals surface area (Å²) in [6, 6.07) is 7.10. The van der Waals surface area contributed by atoms with Gasteiger partial charge in [-0.15, -0.1) is 11.3 Å². The molecule has 0 saturated heterocycles. The number of benzene rings is 2. The first-order valence-electron chi connectivity index (χ1n) is 8.30. The zero-order valence-corrected chi connectivity index (χ0v) is 16.4. The van der Waals surface area contributed by atoms with Crippen molar-refractivity contribution in [1.82, 2.24) is 0 Å². The average Bonchev–Trinajstić information content (AvgIpc) is 3.14. The molecule has 6 nitrogen and oxygen atoms in total. The second-order valence-electron chi connectivity index (χ2n) is 5.91. The van der Waals surface area contributed by atoms with Crippen molar-refractivity contribution in [1.29, 1.82) is 0 Å². The van der Waals surface area contributed by atoms with Crippen LogP contribution in [-0.2, 0) is 0 Å². The van der Waals surface area contributed by atoms with E-state index in [2.05, 4.69) is 10.1 Å². The van der Waals surface area contributed by atoms with Gasteiger partial charge in [-0.05, 0) is 17.7 Å². The van der Waals surface area contributed by atoms with Gasteiger partial charge in [-0.3, -0.25) is 4.79 Å². The van der Waals surface area contributed by atoms with Gasteiger partial charge in [-0.1, -0.05) is 12.1 Å². The highest BCUT2D eigenvalue weighted by Crippen LogP contribution is 2.38. The van der Waals surface area contributed by atoms with E-state index in [-0.39, 0.29) is 11.3 Å². The number of carbonyl (C=O) groups is 2. The fraction of sp³-hybridized carbons (Fsp3) is 0.100. The third-order valence-electron chi connectivity index (χ3n) is 4.16. The van der Waals surface area contributed by atoms with E-state index in [4.69, 9.17) is 4.74 Å². The van der Waals surface area contributed by atoms with Crippen molar-refractivity contribution in [3.8, 4) is 21.9 Å². The molecule has 0 radical (unpaired) electrons. The van der Waals surface area contributed by atoms with Crippen molar-refractivity contribution in [3.05, 3.63) is 64.3 Å². The molecule has 0 bridgehead atoms. The topological polar surface area (TPSA) is 84.9 Å². The smallest absolute Gasteiger partial charge is 0.339 e. The summed E-state index contributed by atoms with van der Waals surface area (Å²) < 4.78 is 51.9. The van der Waals surface area contributed by atoms with E-state index in [1.165, 1.54) is 12.5 Å². The molecule has 1 heterocycles. The van der Waals surface area contributed by atoms with Crippen LogP contribution in [-0.4, -0.2) is 31.2 Å². The van der Waals surface area contributed by atoms with Crippen LogP contribution in [0.1, 0.15) is 20.7 Å². The number of halogens is 3. The molecule has 0 aliphatic carbocycles. The number of hydrogen-bond acceptors (Lipinski definition) is 5. The van der Waals surface area contributed by atoms with Gasteiger partial charge in [0.15, 0.2) is 11.6 Å². The Morgan fingerprint density at radius 1 is 1.03 bits per heavy atom. The number of rotatable bonds is 6. The molecule has 1 amide bonds. The summed E-state index contributed by atoms with van der Waals surface area (Å²) in [5.74, 6) is -7.57. The monoisotopic (exact) mass is 437 g/mol. The minimum absolute atomic E-state index is 0.189. The molecule has 0 spiro atoms. The summed E-state index contributed by atoms with van der Waals surface area (Å²) in [5.41, 5.74) is -1.16. The molecule has 3 rings (SSSR count). The first-order valence-corrected chi connectivity index (χ1v) is 9.18. The largest absolute Gasteiger partial charge is 0.497 e. The van der Waals surface area contributed by atoms with Gasteiger partial charge >= 0.3 is 5.97 Å². The molecular weight excluding hydrogens is 423 g/mol. The Balaban J connectivity index is 2.02. The van der Waals surface area contributed by atoms with E-state index in [9.17, 15) is 27.9 Å². The maximum absolute atomic E-state index is 14.2. The highest BCUT2D eigenvalue weighted by molar-refractivity contribution is 7.14. The molecule has 0 saturated carbocycles. The average molecular weight is 437 g/mol. The predicted molar refractivity (Wildman–Crippen MR) is 104 cm³/mol. The van der Waals surface area contributed by atoms with Crippen LogP contribution in [0.2, 0.25) is 0 Å². The van der Waals surface area contributed by atoms with E-state index >= 15 is 0 Å². The number of hydrogen-bond donors (Lipinski definition) is 2. The van der Waals surface area contributed by atoms with Crippen LogP contribution in [0.15, 0.2) is 35.7 Å². The third-order valence-corrected chi connectivity index (χ3v) is 5.19. The van der Waals surface area contributed by atoms with Crippen molar-refractivity contribution in [2.75, 3.05) is 19.5 Å². The predicted octanol–water partition coefficient (Wildman–Crippen LogP) is 4.80. The summed E-state index contributed by atoms with van der Waals surface area (Å²) in [6.07, 6.45) is 0. The molecule has 0 aliphatic heterocycles. The van der Waals surface area contributed by atoms with Gasteiger partial charge in [0.1, 0.15) is 22.7 Å². The van der Waals surface area contributed by atoms with E-state index in [0.717, 1.165) is 18.4 Å². The molecule has 10 heteroatoms. The van der Waals surface area contributed by atoms with Crippen LogP contribution < -0.4 is 14.8 Å². The Labute approximate surface area is 172 Å². The van der Waals surface area contributed by atoms with Gasteiger partial charge in [-0.2, -0.15) is 4.39 Å². The lowest BCUT2D eigenvalue weighted by Gasteiger charge is -2.10. The van der Waals surface area contributed by atoms with Gasteiger partial charge in [0.25, 0.3) is 5.91 Å². The van der Waals surface area contributed by atoms with Gasteiger partial charge in [0, 0.05) is 11.4 Å². The summed E-state index contributed by atoms with van der Waals surface area (Å²) >= 11 is 0.999. The lowest BCUT2D eigenvalue weighted by atomic mass is 10.1. The van der Waals surface area contributed by atoms with Crippen LogP contribution in [0.4, 0.5) is 18.9 Å². The van der Waals surface area contributed by atoms with Crippen molar-refractivity contribution >= 4 is 28.9 Å². The fourth-order valence-corrected chi connectivity index (χ4v) is 3.74. The first kappa shape index (κ1) is 21.2. The van der Waals surface area contributed by atoms with Crippen LogP contribution in [0, 0.1) is 17.5 Å². The molecule has 0 aliphatic rings. The number of thiophene rings is 1.